The number of pyridine rings is 1. The second-order valence-electron chi connectivity index (χ2n) is 8.76. The van der Waals surface area contributed by atoms with Gasteiger partial charge >= 0.3 is 0 Å². The average Bonchev–Trinajstić information content (AvgIpc) is 2.79. The van der Waals surface area contributed by atoms with Crippen LogP contribution in [0.1, 0.15) is 77.8 Å². The lowest BCUT2D eigenvalue weighted by atomic mass is 9.94. The summed E-state index contributed by atoms with van der Waals surface area (Å²) in [6.45, 7) is 17.5. The van der Waals surface area contributed by atoms with Crippen molar-refractivity contribution in [3.63, 3.8) is 0 Å². The van der Waals surface area contributed by atoms with Crippen LogP contribution in [-0.4, -0.2) is 30.2 Å². The van der Waals surface area contributed by atoms with Gasteiger partial charge in [0, 0.05) is 25.2 Å². The van der Waals surface area contributed by atoms with E-state index < -0.39 is 6.67 Å². The highest BCUT2D eigenvalue weighted by Gasteiger charge is 2.17. The molecule has 0 aliphatic rings. The molecule has 1 amide bonds. The molecule has 188 valence electrons. The van der Waals surface area contributed by atoms with Crippen molar-refractivity contribution in [2.24, 2.45) is 5.92 Å². The number of hydrogen-bond donors (Lipinski definition) is 2. The van der Waals surface area contributed by atoms with Gasteiger partial charge in [0.15, 0.2) is 0 Å². The number of carbonyl (C=O) groups excluding carboxylic acids is 1. The smallest absolute Gasteiger partial charge is 0.227 e. The summed E-state index contributed by atoms with van der Waals surface area (Å²) in [5.41, 5.74) is 2.62. The summed E-state index contributed by atoms with van der Waals surface area (Å²) in [5.74, 6) is 2.10. The molecule has 0 saturated heterocycles. The van der Waals surface area contributed by atoms with Gasteiger partial charge in [0.05, 0.1) is 5.76 Å². The molecule has 1 rings (SSSR count). The monoisotopic (exact) mass is 471 g/mol. The summed E-state index contributed by atoms with van der Waals surface area (Å²) >= 11 is 0. The number of nitrogens with zero attached hydrogens (tertiary/aromatic N) is 1. The zero-order valence-corrected chi connectivity index (χ0v) is 21.5. The van der Waals surface area contributed by atoms with Crippen molar-refractivity contribution in [1.29, 1.82) is 0 Å². The third kappa shape index (κ3) is 10.9. The number of hydrogen-bond acceptors (Lipinski definition) is 4. The maximum Gasteiger partial charge on any atom is 0.227 e. The number of ether oxygens (including phenoxy) is 1. The molecule has 2 N–H and O–H groups in total. The molecular formula is C28H42FN3O2. The Balaban J connectivity index is 2.98. The summed E-state index contributed by atoms with van der Waals surface area (Å²) in [6, 6.07) is 1.74. The van der Waals surface area contributed by atoms with Crippen LogP contribution in [0.25, 0.3) is 12.2 Å². The lowest BCUT2D eigenvalue weighted by molar-refractivity contribution is -0.116. The zero-order chi connectivity index (χ0) is 25.5. The maximum absolute atomic E-state index is 12.8. The number of rotatable bonds is 16. The second-order valence-corrected chi connectivity index (χ2v) is 8.76. The van der Waals surface area contributed by atoms with Gasteiger partial charge in [0.2, 0.25) is 5.91 Å². The van der Waals surface area contributed by atoms with E-state index in [2.05, 4.69) is 42.6 Å². The lowest BCUT2D eigenvalue weighted by Crippen LogP contribution is -2.36. The largest absolute Gasteiger partial charge is 0.463 e. The summed E-state index contributed by atoms with van der Waals surface area (Å²) in [5, 5.41) is 6.08. The minimum Gasteiger partial charge on any atom is -0.463 e. The highest BCUT2D eigenvalue weighted by atomic mass is 19.1. The Labute approximate surface area is 205 Å². The van der Waals surface area contributed by atoms with E-state index in [0.29, 0.717) is 23.3 Å². The Morgan fingerprint density at radius 1 is 1.32 bits per heavy atom. The highest BCUT2D eigenvalue weighted by molar-refractivity contribution is 5.90. The van der Waals surface area contributed by atoms with Gasteiger partial charge in [-0.05, 0) is 68.0 Å². The molecule has 0 bridgehead atoms. The Kier molecular flexibility index (Phi) is 13.8. The van der Waals surface area contributed by atoms with E-state index in [1.165, 1.54) is 0 Å². The van der Waals surface area contributed by atoms with Crippen LogP contribution in [0.2, 0.25) is 0 Å². The third-order valence-electron chi connectivity index (χ3n) is 5.46. The fourth-order valence-electron chi connectivity index (χ4n) is 3.78. The van der Waals surface area contributed by atoms with Crippen LogP contribution in [0.3, 0.4) is 0 Å². The molecule has 0 saturated carbocycles. The molecule has 0 aliphatic carbocycles. The van der Waals surface area contributed by atoms with Gasteiger partial charge in [0.25, 0.3) is 0 Å². The molecule has 0 aliphatic heterocycles. The molecule has 1 heterocycles. The number of amides is 1. The van der Waals surface area contributed by atoms with Gasteiger partial charge < -0.3 is 15.4 Å². The first-order chi connectivity index (χ1) is 16.2. The molecule has 6 heteroatoms. The first-order valence-corrected chi connectivity index (χ1v) is 12.1. The summed E-state index contributed by atoms with van der Waals surface area (Å²) < 4.78 is 18.4. The Morgan fingerprint density at radius 2 is 2.06 bits per heavy atom. The predicted molar refractivity (Wildman–Crippen MR) is 142 cm³/mol. The number of aromatic nitrogens is 1. The van der Waals surface area contributed by atoms with E-state index in [4.69, 9.17) is 4.74 Å². The molecule has 2 atom stereocenters. The molecular weight excluding hydrogens is 429 g/mol. The normalized spacial score (nSPS) is 13.8. The summed E-state index contributed by atoms with van der Waals surface area (Å²) in [7, 11) is 0. The van der Waals surface area contributed by atoms with Crippen LogP contribution in [-0.2, 0) is 9.53 Å². The van der Waals surface area contributed by atoms with Crippen LogP contribution in [0, 0.1) is 5.92 Å². The Morgan fingerprint density at radius 3 is 2.65 bits per heavy atom. The van der Waals surface area contributed by atoms with Crippen LogP contribution in [0.5, 0.6) is 0 Å². The number of anilines is 1. The van der Waals surface area contributed by atoms with E-state index in [1.807, 2.05) is 32.1 Å². The minimum absolute atomic E-state index is 0.0757. The topological polar surface area (TPSA) is 63.2 Å². The van der Waals surface area contributed by atoms with Gasteiger partial charge in [-0.3, -0.25) is 4.79 Å². The van der Waals surface area contributed by atoms with Crippen molar-refractivity contribution in [3.8, 4) is 0 Å². The third-order valence-corrected chi connectivity index (χ3v) is 5.46. The number of carbonyl (C=O) groups is 1. The second kappa shape index (κ2) is 16.0. The van der Waals surface area contributed by atoms with Crippen molar-refractivity contribution in [1.82, 2.24) is 10.3 Å². The van der Waals surface area contributed by atoms with E-state index in [-0.39, 0.29) is 24.9 Å². The average molecular weight is 472 g/mol. The summed E-state index contributed by atoms with van der Waals surface area (Å²) in [6.07, 6.45) is 11.8. The number of nitrogens with one attached hydrogen (secondary N) is 2. The molecule has 5 nitrogen and oxygen atoms in total. The van der Waals surface area contributed by atoms with Crippen LogP contribution < -0.4 is 10.6 Å². The summed E-state index contributed by atoms with van der Waals surface area (Å²) in [4.78, 5) is 17.2. The first kappa shape index (κ1) is 29.3. The van der Waals surface area contributed by atoms with Crippen LogP contribution in [0.15, 0.2) is 48.6 Å². The highest BCUT2D eigenvalue weighted by Crippen LogP contribution is 2.23. The molecule has 1 aromatic rings. The van der Waals surface area contributed by atoms with E-state index >= 15 is 0 Å². The number of allylic oxidation sites excluding steroid dienone is 3. The molecule has 0 radical (unpaired) electrons. The van der Waals surface area contributed by atoms with Crippen molar-refractivity contribution in [2.45, 2.75) is 72.8 Å². The zero-order valence-electron chi connectivity index (χ0n) is 21.5. The van der Waals surface area contributed by atoms with E-state index in [9.17, 15) is 9.18 Å². The Bertz CT molecular complexity index is 876. The minimum atomic E-state index is -0.454. The van der Waals surface area contributed by atoms with Gasteiger partial charge in [0.1, 0.15) is 18.3 Å². The van der Waals surface area contributed by atoms with Crippen molar-refractivity contribution >= 4 is 23.9 Å². The predicted octanol–water partition coefficient (Wildman–Crippen LogP) is 7.05. The lowest BCUT2D eigenvalue weighted by Gasteiger charge is -2.21. The van der Waals surface area contributed by atoms with E-state index in [1.54, 1.807) is 19.2 Å². The quantitative estimate of drug-likeness (QED) is 0.200. The molecule has 0 fully saturated rings. The molecule has 1 aromatic heterocycles. The van der Waals surface area contributed by atoms with Crippen molar-refractivity contribution in [3.05, 3.63) is 59.7 Å². The molecule has 34 heavy (non-hydrogen) atoms. The first-order valence-electron chi connectivity index (χ1n) is 12.1. The number of alkyl halides is 1. The fourth-order valence-corrected chi connectivity index (χ4v) is 3.78. The van der Waals surface area contributed by atoms with Crippen LogP contribution >= 0.6 is 0 Å². The number of halogens is 1. The SMILES string of the molecule is C=Cc1cnc(NC(=O)CC(CC(C)CCCC)NCCF)cc1/C=C(C)/C(=C/C)OC(=C)C. The van der Waals surface area contributed by atoms with Crippen LogP contribution in [0.4, 0.5) is 10.2 Å². The fraction of sp³-hybridized carbons (Fsp3) is 0.500. The molecule has 0 aromatic carbocycles. The number of unbranched alkanes of at least 4 members (excludes halogenated alkanes) is 1. The van der Waals surface area contributed by atoms with Gasteiger partial charge in [-0.2, -0.15) is 0 Å². The molecule has 0 spiro atoms. The Hall–Kier alpha value is -2.73. The van der Waals surface area contributed by atoms with Gasteiger partial charge in [-0.1, -0.05) is 52.3 Å². The standard InChI is InChI=1S/C28H42FN3O2/c1-8-11-12-21(6)15-25(30-14-13-29)18-28(33)32-27-17-24(23(9-2)19-31-27)16-22(7)26(10-3)34-20(4)5/h9-10,16-17,19,21,25,30H,2,4,8,11-15,18H2,1,3,5-7H3,(H,31,32,33)/b22-16+,26-10-. The molecule has 2 unspecified atom stereocenters. The van der Waals surface area contributed by atoms with E-state index in [0.717, 1.165) is 42.4 Å². The van der Waals surface area contributed by atoms with Crippen molar-refractivity contribution in [2.75, 3.05) is 18.5 Å². The van der Waals surface area contributed by atoms with Gasteiger partial charge in [-0.25, -0.2) is 9.37 Å². The maximum atomic E-state index is 12.8. The van der Waals surface area contributed by atoms with Crippen molar-refractivity contribution < 1.29 is 13.9 Å². The van der Waals surface area contributed by atoms with Gasteiger partial charge in [-0.15, -0.1) is 0 Å².